The van der Waals surface area contributed by atoms with Crippen molar-refractivity contribution >= 4 is 6.09 Å². The molecule has 0 aromatic heterocycles. The minimum atomic E-state index is -0.389. The number of alkyl carbamates (subject to hydrolysis) is 1. The van der Waals surface area contributed by atoms with E-state index in [-0.39, 0.29) is 12.2 Å². The van der Waals surface area contributed by atoms with Gasteiger partial charge in [0.25, 0.3) is 0 Å². The quantitative estimate of drug-likeness (QED) is 0.859. The van der Waals surface area contributed by atoms with Crippen molar-refractivity contribution in [3.05, 3.63) is 35.9 Å². The highest BCUT2D eigenvalue weighted by Gasteiger charge is 2.23. The van der Waals surface area contributed by atoms with Crippen molar-refractivity contribution < 1.29 is 14.6 Å². The first-order valence-electron chi connectivity index (χ1n) is 6.36. The SMILES string of the molecule is O=C(NC[C@@H]1CC[C@@H](O)C1)OCc1ccccc1. The van der Waals surface area contributed by atoms with Crippen molar-refractivity contribution in [2.45, 2.75) is 32.0 Å². The van der Waals surface area contributed by atoms with Crippen molar-refractivity contribution in [1.82, 2.24) is 5.32 Å². The van der Waals surface area contributed by atoms with E-state index in [9.17, 15) is 9.90 Å². The second-order valence-corrected chi connectivity index (χ2v) is 4.78. The third-order valence-corrected chi connectivity index (χ3v) is 3.26. The van der Waals surface area contributed by atoms with Crippen LogP contribution in [0.15, 0.2) is 30.3 Å². The summed E-state index contributed by atoms with van der Waals surface area (Å²) in [4.78, 5) is 11.5. The maximum atomic E-state index is 11.5. The Bertz CT molecular complexity index is 380. The number of carbonyl (C=O) groups is 1. The van der Waals surface area contributed by atoms with Crippen molar-refractivity contribution in [1.29, 1.82) is 0 Å². The maximum absolute atomic E-state index is 11.5. The molecule has 4 nitrogen and oxygen atoms in total. The average molecular weight is 249 g/mol. The number of carbonyl (C=O) groups excluding carboxylic acids is 1. The second-order valence-electron chi connectivity index (χ2n) is 4.78. The molecule has 1 amide bonds. The van der Waals surface area contributed by atoms with E-state index in [1.807, 2.05) is 30.3 Å². The summed E-state index contributed by atoms with van der Waals surface area (Å²) in [5.41, 5.74) is 0.976. The van der Waals surface area contributed by atoms with Crippen LogP contribution in [0.3, 0.4) is 0 Å². The minimum Gasteiger partial charge on any atom is -0.445 e. The van der Waals surface area contributed by atoms with Gasteiger partial charge in [-0.05, 0) is 30.7 Å². The summed E-state index contributed by atoms with van der Waals surface area (Å²) >= 11 is 0. The topological polar surface area (TPSA) is 58.6 Å². The van der Waals surface area contributed by atoms with Gasteiger partial charge in [0.05, 0.1) is 6.10 Å². The molecule has 0 spiro atoms. The van der Waals surface area contributed by atoms with E-state index >= 15 is 0 Å². The van der Waals surface area contributed by atoms with E-state index in [1.165, 1.54) is 0 Å². The molecule has 1 aliphatic carbocycles. The Morgan fingerprint density at radius 1 is 1.33 bits per heavy atom. The van der Waals surface area contributed by atoms with E-state index in [4.69, 9.17) is 4.74 Å². The van der Waals surface area contributed by atoms with E-state index in [0.29, 0.717) is 19.1 Å². The number of nitrogens with one attached hydrogen (secondary N) is 1. The molecule has 1 aliphatic rings. The van der Waals surface area contributed by atoms with Gasteiger partial charge in [-0.1, -0.05) is 30.3 Å². The summed E-state index contributed by atoms with van der Waals surface area (Å²) in [6, 6.07) is 9.59. The van der Waals surface area contributed by atoms with E-state index in [2.05, 4.69) is 5.32 Å². The molecule has 2 atom stereocenters. The smallest absolute Gasteiger partial charge is 0.407 e. The molecule has 0 saturated heterocycles. The molecule has 1 fully saturated rings. The largest absolute Gasteiger partial charge is 0.445 e. The third-order valence-electron chi connectivity index (χ3n) is 3.26. The molecule has 0 bridgehead atoms. The van der Waals surface area contributed by atoms with Crippen molar-refractivity contribution in [3.8, 4) is 0 Å². The molecular weight excluding hydrogens is 230 g/mol. The molecule has 2 rings (SSSR count). The molecule has 1 saturated carbocycles. The van der Waals surface area contributed by atoms with Crippen LogP contribution in [0.1, 0.15) is 24.8 Å². The first kappa shape index (κ1) is 12.9. The van der Waals surface area contributed by atoms with Crippen molar-refractivity contribution in [2.75, 3.05) is 6.54 Å². The molecule has 0 radical (unpaired) electrons. The number of rotatable bonds is 4. The van der Waals surface area contributed by atoms with Gasteiger partial charge in [-0.15, -0.1) is 0 Å². The lowest BCUT2D eigenvalue weighted by Gasteiger charge is -2.11. The molecular formula is C14H19NO3. The van der Waals surface area contributed by atoms with Crippen LogP contribution < -0.4 is 5.32 Å². The van der Waals surface area contributed by atoms with Gasteiger partial charge < -0.3 is 15.2 Å². The lowest BCUT2D eigenvalue weighted by molar-refractivity contribution is 0.137. The Kier molecular flexibility index (Phi) is 4.59. The highest BCUT2D eigenvalue weighted by molar-refractivity contribution is 5.67. The predicted octanol–water partition coefficient (Wildman–Crippen LogP) is 2.07. The predicted molar refractivity (Wildman–Crippen MR) is 68.0 cm³/mol. The fraction of sp³-hybridized carbons (Fsp3) is 0.500. The molecule has 0 heterocycles. The molecule has 98 valence electrons. The third kappa shape index (κ3) is 4.04. The molecule has 1 aromatic carbocycles. The number of hydrogen-bond donors (Lipinski definition) is 2. The summed E-state index contributed by atoms with van der Waals surface area (Å²) in [6.45, 7) is 0.880. The summed E-state index contributed by atoms with van der Waals surface area (Å²) < 4.78 is 5.10. The highest BCUT2D eigenvalue weighted by Crippen LogP contribution is 2.24. The fourth-order valence-corrected chi connectivity index (χ4v) is 2.24. The Balaban J connectivity index is 1.63. The maximum Gasteiger partial charge on any atom is 0.407 e. The zero-order chi connectivity index (χ0) is 12.8. The van der Waals surface area contributed by atoms with Gasteiger partial charge in [-0.3, -0.25) is 0 Å². The molecule has 0 aliphatic heterocycles. The molecule has 0 unspecified atom stereocenters. The monoisotopic (exact) mass is 249 g/mol. The Labute approximate surface area is 107 Å². The van der Waals surface area contributed by atoms with Gasteiger partial charge in [0, 0.05) is 6.54 Å². The van der Waals surface area contributed by atoms with Gasteiger partial charge in [0.1, 0.15) is 6.61 Å². The summed E-state index contributed by atoms with van der Waals surface area (Å²) in [5, 5.41) is 12.1. The fourth-order valence-electron chi connectivity index (χ4n) is 2.24. The molecule has 1 aromatic rings. The second kappa shape index (κ2) is 6.40. The van der Waals surface area contributed by atoms with Crippen LogP contribution in [0.2, 0.25) is 0 Å². The Hall–Kier alpha value is -1.55. The number of aliphatic hydroxyl groups excluding tert-OH is 1. The first-order chi connectivity index (χ1) is 8.74. The number of ether oxygens (including phenoxy) is 1. The van der Waals surface area contributed by atoms with Crippen LogP contribution in [0.5, 0.6) is 0 Å². The lowest BCUT2D eigenvalue weighted by atomic mass is 10.1. The van der Waals surface area contributed by atoms with Crippen LogP contribution in [-0.2, 0) is 11.3 Å². The minimum absolute atomic E-state index is 0.197. The number of amides is 1. The van der Waals surface area contributed by atoms with Crippen molar-refractivity contribution in [2.24, 2.45) is 5.92 Å². The number of benzene rings is 1. The lowest BCUT2D eigenvalue weighted by Crippen LogP contribution is -2.29. The number of aliphatic hydroxyl groups is 1. The van der Waals surface area contributed by atoms with E-state index in [1.54, 1.807) is 0 Å². The van der Waals surface area contributed by atoms with Gasteiger partial charge >= 0.3 is 6.09 Å². The highest BCUT2D eigenvalue weighted by atomic mass is 16.5. The van der Waals surface area contributed by atoms with Gasteiger partial charge in [0.15, 0.2) is 0 Å². The van der Waals surface area contributed by atoms with Gasteiger partial charge in [-0.2, -0.15) is 0 Å². The van der Waals surface area contributed by atoms with Crippen molar-refractivity contribution in [3.63, 3.8) is 0 Å². The van der Waals surface area contributed by atoms with Crippen LogP contribution in [0.4, 0.5) is 4.79 Å². The first-order valence-corrected chi connectivity index (χ1v) is 6.36. The number of hydrogen-bond acceptors (Lipinski definition) is 3. The van der Waals surface area contributed by atoms with Crippen LogP contribution in [0.25, 0.3) is 0 Å². The molecule has 2 N–H and O–H groups in total. The summed E-state index contributed by atoms with van der Waals surface area (Å²) in [7, 11) is 0. The zero-order valence-electron chi connectivity index (χ0n) is 10.3. The normalized spacial score (nSPS) is 22.7. The Morgan fingerprint density at radius 2 is 2.11 bits per heavy atom. The average Bonchev–Trinajstić information content (AvgIpc) is 2.81. The standard InChI is InChI=1S/C14H19NO3/c16-13-7-6-12(8-13)9-15-14(17)18-10-11-4-2-1-3-5-11/h1-5,12-13,16H,6-10H2,(H,15,17)/t12-,13-/m1/s1. The van der Waals surface area contributed by atoms with Gasteiger partial charge in [0.2, 0.25) is 0 Å². The Morgan fingerprint density at radius 3 is 2.78 bits per heavy atom. The molecule has 18 heavy (non-hydrogen) atoms. The van der Waals surface area contributed by atoms with Crippen LogP contribution >= 0.6 is 0 Å². The van der Waals surface area contributed by atoms with E-state index in [0.717, 1.165) is 24.8 Å². The molecule has 4 heteroatoms. The summed E-state index contributed by atoms with van der Waals surface area (Å²) in [6.07, 6.45) is 2.00. The summed E-state index contributed by atoms with van der Waals surface area (Å²) in [5.74, 6) is 0.379. The van der Waals surface area contributed by atoms with Crippen LogP contribution in [0, 0.1) is 5.92 Å². The van der Waals surface area contributed by atoms with E-state index < -0.39 is 0 Å². The van der Waals surface area contributed by atoms with Gasteiger partial charge in [-0.25, -0.2) is 4.79 Å². The zero-order valence-corrected chi connectivity index (χ0v) is 10.3. The van der Waals surface area contributed by atoms with Crippen LogP contribution in [-0.4, -0.2) is 23.8 Å².